The van der Waals surface area contributed by atoms with Gasteiger partial charge in [-0.3, -0.25) is 9.82 Å². The molecule has 6 nitrogen and oxygen atoms in total. The van der Waals surface area contributed by atoms with E-state index >= 15 is 0 Å². The number of halogens is 1. The summed E-state index contributed by atoms with van der Waals surface area (Å²) < 4.78 is 27.8. The Morgan fingerprint density at radius 3 is 2.78 bits per heavy atom. The third kappa shape index (κ3) is 4.33. The summed E-state index contributed by atoms with van der Waals surface area (Å²) in [4.78, 5) is 0.00887. The first kappa shape index (κ1) is 17.5. The first-order valence-corrected chi connectivity index (χ1v) is 9.42. The van der Waals surface area contributed by atoms with Crippen LogP contribution in [0.3, 0.4) is 0 Å². The summed E-state index contributed by atoms with van der Waals surface area (Å²) >= 11 is 3.21. The van der Waals surface area contributed by atoms with Crippen LogP contribution in [0.25, 0.3) is 0 Å². The summed E-state index contributed by atoms with van der Waals surface area (Å²) in [5.41, 5.74) is 1.15. The predicted molar refractivity (Wildman–Crippen MR) is 91.6 cm³/mol. The predicted octanol–water partition coefficient (Wildman–Crippen LogP) is 3.75. The van der Waals surface area contributed by atoms with Crippen LogP contribution in [0.15, 0.2) is 33.6 Å². The van der Waals surface area contributed by atoms with Crippen molar-refractivity contribution in [3.63, 3.8) is 0 Å². The number of rotatable bonds is 6. The van der Waals surface area contributed by atoms with Crippen LogP contribution < -0.4 is 4.72 Å². The van der Waals surface area contributed by atoms with E-state index in [4.69, 9.17) is 5.26 Å². The van der Waals surface area contributed by atoms with Crippen LogP contribution in [0.2, 0.25) is 0 Å². The van der Waals surface area contributed by atoms with Crippen LogP contribution in [0.1, 0.15) is 43.9 Å². The fraction of sp³-hybridized carbons (Fsp3) is 0.333. The van der Waals surface area contributed by atoms with E-state index < -0.39 is 10.0 Å². The second kappa shape index (κ2) is 7.15. The second-order valence-corrected chi connectivity index (χ2v) is 7.89. The van der Waals surface area contributed by atoms with Gasteiger partial charge in [-0.2, -0.15) is 10.4 Å². The molecule has 23 heavy (non-hydrogen) atoms. The zero-order valence-electron chi connectivity index (χ0n) is 12.8. The van der Waals surface area contributed by atoms with Crippen LogP contribution in [0.5, 0.6) is 0 Å². The van der Waals surface area contributed by atoms with Crippen molar-refractivity contribution >= 4 is 31.8 Å². The van der Waals surface area contributed by atoms with Gasteiger partial charge in [-0.25, -0.2) is 8.42 Å². The molecule has 0 amide bonds. The minimum absolute atomic E-state index is 0.00887. The molecule has 1 aromatic carbocycles. The van der Waals surface area contributed by atoms with E-state index in [9.17, 15) is 8.42 Å². The van der Waals surface area contributed by atoms with Crippen LogP contribution >= 0.6 is 15.9 Å². The van der Waals surface area contributed by atoms with Crippen LogP contribution in [-0.2, 0) is 10.0 Å². The fourth-order valence-electron chi connectivity index (χ4n) is 2.21. The molecule has 2 aromatic rings. The van der Waals surface area contributed by atoms with Crippen LogP contribution in [-0.4, -0.2) is 18.6 Å². The normalized spacial score (nSPS) is 12.6. The summed E-state index contributed by atoms with van der Waals surface area (Å²) in [7, 11) is -3.81. The lowest BCUT2D eigenvalue weighted by Gasteiger charge is -2.07. The zero-order chi connectivity index (χ0) is 17.0. The topological polar surface area (TPSA) is 98.6 Å². The zero-order valence-corrected chi connectivity index (χ0v) is 15.2. The first-order chi connectivity index (χ1) is 10.9. The van der Waals surface area contributed by atoms with Gasteiger partial charge in [0, 0.05) is 16.2 Å². The van der Waals surface area contributed by atoms with Crippen molar-refractivity contribution in [2.75, 3.05) is 4.72 Å². The monoisotopic (exact) mass is 396 g/mol. The van der Waals surface area contributed by atoms with Gasteiger partial charge in [0.1, 0.15) is 0 Å². The number of nitriles is 1. The van der Waals surface area contributed by atoms with Crippen molar-refractivity contribution in [2.45, 2.75) is 37.5 Å². The maximum Gasteiger partial charge on any atom is 0.263 e. The minimum atomic E-state index is -3.81. The Bertz CT molecular complexity index is 839. The summed E-state index contributed by atoms with van der Waals surface area (Å²) in [6.07, 6.45) is 2.03. The second-order valence-electron chi connectivity index (χ2n) is 5.29. The van der Waals surface area contributed by atoms with E-state index in [-0.39, 0.29) is 22.2 Å². The van der Waals surface area contributed by atoms with Crippen molar-refractivity contribution in [2.24, 2.45) is 0 Å². The molecule has 2 rings (SSSR count). The summed E-state index contributed by atoms with van der Waals surface area (Å²) in [6.45, 7) is 4.15. The maximum absolute atomic E-state index is 12.4. The van der Waals surface area contributed by atoms with E-state index in [2.05, 4.69) is 44.7 Å². The van der Waals surface area contributed by atoms with Gasteiger partial charge in [0.05, 0.1) is 16.5 Å². The van der Waals surface area contributed by atoms with E-state index in [1.807, 2.05) is 6.07 Å². The summed E-state index contributed by atoms with van der Waals surface area (Å²) in [5.74, 6) is 0.517. The Hall–Kier alpha value is -1.85. The third-order valence-corrected chi connectivity index (χ3v) is 5.19. The third-order valence-electron chi connectivity index (χ3n) is 3.40. The minimum Gasteiger partial charge on any atom is -0.280 e. The van der Waals surface area contributed by atoms with Crippen molar-refractivity contribution in [3.8, 4) is 6.07 Å². The average molecular weight is 397 g/mol. The van der Waals surface area contributed by atoms with Crippen molar-refractivity contribution < 1.29 is 8.42 Å². The molecule has 1 heterocycles. The molecule has 1 atom stereocenters. The van der Waals surface area contributed by atoms with E-state index in [1.54, 1.807) is 12.1 Å². The van der Waals surface area contributed by atoms with Gasteiger partial charge >= 0.3 is 0 Å². The number of aromatic nitrogens is 2. The molecule has 0 aliphatic carbocycles. The highest BCUT2D eigenvalue weighted by Gasteiger charge is 2.18. The molecule has 0 radical (unpaired) electrons. The number of hydrogen-bond donors (Lipinski definition) is 2. The Morgan fingerprint density at radius 2 is 2.13 bits per heavy atom. The van der Waals surface area contributed by atoms with Crippen LogP contribution in [0, 0.1) is 11.3 Å². The molecule has 2 N–H and O–H groups in total. The Labute approximate surface area is 144 Å². The molecule has 0 saturated heterocycles. The SMILES string of the molecule is CCCC(C)c1cc(NS(=O)(=O)c2cc(Br)cc(C#N)c2)n[nH]1. The van der Waals surface area contributed by atoms with Gasteiger partial charge in [0.2, 0.25) is 0 Å². The number of sulfonamides is 1. The average Bonchev–Trinajstić information content (AvgIpc) is 2.94. The number of hydrogen-bond acceptors (Lipinski definition) is 4. The van der Waals surface area contributed by atoms with E-state index in [0.29, 0.717) is 4.47 Å². The lowest BCUT2D eigenvalue weighted by atomic mass is 10.0. The molecule has 0 aliphatic rings. The molecule has 8 heteroatoms. The molecule has 0 bridgehead atoms. The van der Waals surface area contributed by atoms with Gasteiger partial charge in [-0.05, 0) is 30.5 Å². The van der Waals surface area contributed by atoms with Gasteiger partial charge in [0.15, 0.2) is 5.82 Å². The molecule has 1 aromatic heterocycles. The Kier molecular flexibility index (Phi) is 5.44. The fourth-order valence-corrected chi connectivity index (χ4v) is 3.92. The van der Waals surface area contributed by atoms with Gasteiger partial charge in [0.25, 0.3) is 10.0 Å². The van der Waals surface area contributed by atoms with Crippen molar-refractivity contribution in [1.82, 2.24) is 10.2 Å². The Morgan fingerprint density at radius 1 is 1.39 bits per heavy atom. The van der Waals surface area contributed by atoms with Gasteiger partial charge in [-0.1, -0.05) is 36.2 Å². The molecule has 0 fully saturated rings. The lowest BCUT2D eigenvalue weighted by molar-refractivity contribution is 0.601. The number of H-pyrrole nitrogens is 1. The lowest BCUT2D eigenvalue weighted by Crippen LogP contribution is -2.13. The Balaban J connectivity index is 2.25. The van der Waals surface area contributed by atoms with Gasteiger partial charge < -0.3 is 0 Å². The smallest absolute Gasteiger partial charge is 0.263 e. The summed E-state index contributed by atoms with van der Waals surface area (Å²) in [6, 6.07) is 7.94. The van der Waals surface area contributed by atoms with Crippen molar-refractivity contribution in [1.29, 1.82) is 5.26 Å². The van der Waals surface area contributed by atoms with E-state index in [0.717, 1.165) is 18.5 Å². The number of nitrogens with zero attached hydrogens (tertiary/aromatic N) is 2. The number of aromatic amines is 1. The highest BCUT2D eigenvalue weighted by atomic mass is 79.9. The number of benzene rings is 1. The molecule has 0 aliphatic heterocycles. The van der Waals surface area contributed by atoms with Crippen LogP contribution in [0.4, 0.5) is 5.82 Å². The highest BCUT2D eigenvalue weighted by Crippen LogP contribution is 2.24. The quantitative estimate of drug-likeness (QED) is 0.776. The standard InChI is InChI=1S/C15H17BrN4O2S/c1-3-4-10(2)14-8-15(19-18-14)20-23(21,22)13-6-11(9-17)5-12(16)7-13/h5-8,10H,3-4H2,1-2H3,(H2,18,19,20). The van der Waals surface area contributed by atoms with Gasteiger partial charge in [-0.15, -0.1) is 0 Å². The van der Waals surface area contributed by atoms with Crippen molar-refractivity contribution in [3.05, 3.63) is 40.0 Å². The largest absolute Gasteiger partial charge is 0.280 e. The molecule has 122 valence electrons. The highest BCUT2D eigenvalue weighted by molar-refractivity contribution is 9.10. The molecule has 0 spiro atoms. The molecular weight excluding hydrogens is 380 g/mol. The number of nitrogens with one attached hydrogen (secondary N) is 2. The first-order valence-electron chi connectivity index (χ1n) is 7.14. The summed E-state index contributed by atoms with van der Waals surface area (Å²) in [5, 5.41) is 15.8. The molecule has 1 unspecified atom stereocenters. The molecular formula is C15H17BrN4O2S. The van der Waals surface area contributed by atoms with E-state index in [1.165, 1.54) is 12.1 Å². The molecule has 0 saturated carbocycles. The number of anilines is 1. The maximum atomic E-state index is 12.4.